The van der Waals surface area contributed by atoms with E-state index in [9.17, 15) is 10.2 Å². The molecule has 1 rings (SSSR count). The van der Waals surface area contributed by atoms with Gasteiger partial charge in [0.1, 0.15) is 5.75 Å². The summed E-state index contributed by atoms with van der Waals surface area (Å²) in [4.78, 5) is 0. The predicted octanol–water partition coefficient (Wildman–Crippen LogP) is 2.47. The van der Waals surface area contributed by atoms with Gasteiger partial charge in [0.25, 0.3) is 0 Å². The second kappa shape index (κ2) is 5.04. The number of rotatable bonds is 3. The largest absolute Gasteiger partial charge is 0.506 e. The van der Waals surface area contributed by atoms with Gasteiger partial charge in [0.05, 0.1) is 11.1 Å². The highest BCUT2D eigenvalue weighted by molar-refractivity contribution is 6.32. The van der Waals surface area contributed by atoms with Gasteiger partial charge in [-0.2, -0.15) is 0 Å². The van der Waals surface area contributed by atoms with Gasteiger partial charge in [0, 0.05) is 12.1 Å². The minimum absolute atomic E-state index is 0.0291. The van der Waals surface area contributed by atoms with Crippen molar-refractivity contribution in [3.05, 3.63) is 28.8 Å². The van der Waals surface area contributed by atoms with Crippen LogP contribution in [-0.4, -0.2) is 22.3 Å². The van der Waals surface area contributed by atoms with Crippen molar-refractivity contribution in [1.82, 2.24) is 5.32 Å². The first-order valence-electron chi connectivity index (χ1n) is 5.21. The third kappa shape index (κ3) is 4.00. The summed E-state index contributed by atoms with van der Waals surface area (Å²) in [5.41, 5.74) is 0.654. The normalized spacial score (nSPS) is 13.8. The van der Waals surface area contributed by atoms with E-state index in [-0.39, 0.29) is 16.3 Å². The van der Waals surface area contributed by atoms with E-state index in [0.29, 0.717) is 12.1 Å². The highest BCUT2D eigenvalue weighted by Crippen LogP contribution is 2.26. The molecule has 0 aromatic heterocycles. The molecule has 0 saturated heterocycles. The van der Waals surface area contributed by atoms with Gasteiger partial charge in [-0.25, -0.2) is 0 Å². The molecule has 0 aliphatic heterocycles. The summed E-state index contributed by atoms with van der Waals surface area (Å²) in [6.45, 7) is 6.54. The lowest BCUT2D eigenvalue weighted by Crippen LogP contribution is -2.38. The molecule has 4 heteroatoms. The Morgan fingerprint density at radius 1 is 1.38 bits per heavy atom. The SMILES string of the molecule is CC(C)(C)NCC(O)c1ccc(O)c(Cl)c1. The lowest BCUT2D eigenvalue weighted by molar-refractivity contribution is 0.163. The molecule has 0 radical (unpaired) electrons. The lowest BCUT2D eigenvalue weighted by Gasteiger charge is -2.23. The summed E-state index contributed by atoms with van der Waals surface area (Å²) >= 11 is 5.77. The molecule has 0 amide bonds. The first-order chi connectivity index (χ1) is 7.29. The van der Waals surface area contributed by atoms with E-state index in [2.05, 4.69) is 5.32 Å². The van der Waals surface area contributed by atoms with E-state index in [0.717, 1.165) is 0 Å². The van der Waals surface area contributed by atoms with Crippen molar-refractivity contribution >= 4 is 11.6 Å². The van der Waals surface area contributed by atoms with Crippen LogP contribution in [0.15, 0.2) is 18.2 Å². The van der Waals surface area contributed by atoms with Crippen molar-refractivity contribution in [3.8, 4) is 5.75 Å². The minimum atomic E-state index is -0.627. The number of β-amino-alcohol motifs (C(OH)–C–C–N with tert-alkyl or cyclic N) is 1. The van der Waals surface area contributed by atoms with Gasteiger partial charge in [-0.15, -0.1) is 0 Å². The Balaban J connectivity index is 2.66. The summed E-state index contributed by atoms with van der Waals surface area (Å²) in [6.07, 6.45) is -0.627. The van der Waals surface area contributed by atoms with Gasteiger partial charge < -0.3 is 15.5 Å². The molecular weight excluding hydrogens is 226 g/mol. The van der Waals surface area contributed by atoms with E-state index in [1.165, 1.54) is 6.07 Å². The molecule has 0 aliphatic rings. The Morgan fingerprint density at radius 3 is 2.50 bits per heavy atom. The molecule has 1 aromatic rings. The molecule has 0 spiro atoms. The van der Waals surface area contributed by atoms with Crippen LogP contribution in [0.2, 0.25) is 5.02 Å². The van der Waals surface area contributed by atoms with Crippen LogP contribution in [0.5, 0.6) is 5.75 Å². The van der Waals surface area contributed by atoms with Crippen molar-refractivity contribution < 1.29 is 10.2 Å². The Hall–Kier alpha value is -0.770. The van der Waals surface area contributed by atoms with Crippen molar-refractivity contribution in [2.75, 3.05) is 6.54 Å². The average Bonchev–Trinajstić information content (AvgIpc) is 2.17. The molecule has 90 valence electrons. The number of halogens is 1. The standard InChI is InChI=1S/C12H18ClNO2/c1-12(2,3)14-7-11(16)8-4-5-10(15)9(13)6-8/h4-6,11,14-16H,7H2,1-3H3. The van der Waals surface area contributed by atoms with E-state index >= 15 is 0 Å². The van der Waals surface area contributed by atoms with Crippen LogP contribution in [0, 0.1) is 0 Å². The number of benzene rings is 1. The zero-order valence-electron chi connectivity index (χ0n) is 9.79. The first-order valence-corrected chi connectivity index (χ1v) is 5.59. The van der Waals surface area contributed by atoms with Crippen LogP contribution < -0.4 is 5.32 Å². The maximum Gasteiger partial charge on any atom is 0.134 e. The van der Waals surface area contributed by atoms with Crippen LogP contribution in [0.25, 0.3) is 0 Å². The summed E-state index contributed by atoms with van der Waals surface area (Å²) in [6, 6.07) is 4.72. The fourth-order valence-electron chi connectivity index (χ4n) is 1.25. The monoisotopic (exact) mass is 243 g/mol. The second-order valence-corrected chi connectivity index (χ2v) is 5.26. The maximum atomic E-state index is 9.90. The molecule has 0 fully saturated rings. The van der Waals surface area contributed by atoms with Crippen molar-refractivity contribution in [1.29, 1.82) is 0 Å². The van der Waals surface area contributed by atoms with Crippen molar-refractivity contribution in [3.63, 3.8) is 0 Å². The number of nitrogens with one attached hydrogen (secondary N) is 1. The van der Waals surface area contributed by atoms with E-state index < -0.39 is 6.10 Å². The van der Waals surface area contributed by atoms with Gasteiger partial charge in [0.2, 0.25) is 0 Å². The Kier molecular flexibility index (Phi) is 4.19. The molecule has 3 nitrogen and oxygen atoms in total. The molecule has 16 heavy (non-hydrogen) atoms. The summed E-state index contributed by atoms with van der Waals surface area (Å²) < 4.78 is 0. The average molecular weight is 244 g/mol. The van der Waals surface area contributed by atoms with Crippen LogP contribution in [0.4, 0.5) is 0 Å². The molecule has 0 saturated carbocycles. The summed E-state index contributed by atoms with van der Waals surface area (Å²) in [5, 5.41) is 22.6. The van der Waals surface area contributed by atoms with Gasteiger partial charge in [0.15, 0.2) is 0 Å². The van der Waals surface area contributed by atoms with E-state index in [1.54, 1.807) is 12.1 Å². The number of phenolic OH excluding ortho intramolecular Hbond substituents is 1. The highest BCUT2D eigenvalue weighted by atomic mass is 35.5. The molecule has 3 N–H and O–H groups in total. The number of hydrogen-bond donors (Lipinski definition) is 3. The van der Waals surface area contributed by atoms with Gasteiger partial charge >= 0.3 is 0 Å². The van der Waals surface area contributed by atoms with Gasteiger partial charge in [-0.1, -0.05) is 17.7 Å². The molecule has 0 bridgehead atoms. The highest BCUT2D eigenvalue weighted by Gasteiger charge is 2.14. The fraction of sp³-hybridized carbons (Fsp3) is 0.500. The number of hydrogen-bond acceptors (Lipinski definition) is 3. The number of aliphatic hydroxyl groups excluding tert-OH is 1. The Morgan fingerprint density at radius 2 is 2.00 bits per heavy atom. The number of aromatic hydroxyl groups is 1. The van der Waals surface area contributed by atoms with Crippen LogP contribution in [0.3, 0.4) is 0 Å². The zero-order valence-corrected chi connectivity index (χ0v) is 10.5. The van der Waals surface area contributed by atoms with Crippen LogP contribution >= 0.6 is 11.6 Å². The van der Waals surface area contributed by atoms with Crippen LogP contribution in [0.1, 0.15) is 32.4 Å². The van der Waals surface area contributed by atoms with Gasteiger partial charge in [-0.3, -0.25) is 0 Å². The maximum absolute atomic E-state index is 9.90. The molecule has 1 atom stereocenters. The fourth-order valence-corrected chi connectivity index (χ4v) is 1.44. The third-order valence-corrected chi connectivity index (χ3v) is 2.48. The number of aliphatic hydroxyl groups is 1. The molecule has 0 aliphatic carbocycles. The first kappa shape index (κ1) is 13.3. The summed E-state index contributed by atoms with van der Waals surface area (Å²) in [5.74, 6) is 0.0291. The quantitative estimate of drug-likeness (QED) is 0.765. The predicted molar refractivity (Wildman–Crippen MR) is 65.8 cm³/mol. The van der Waals surface area contributed by atoms with Crippen LogP contribution in [-0.2, 0) is 0 Å². The number of phenols is 1. The van der Waals surface area contributed by atoms with E-state index in [4.69, 9.17) is 11.6 Å². The second-order valence-electron chi connectivity index (χ2n) is 4.86. The Labute approximate surface area is 101 Å². The minimum Gasteiger partial charge on any atom is -0.506 e. The molecule has 0 heterocycles. The Bertz CT molecular complexity index is 361. The lowest BCUT2D eigenvalue weighted by atomic mass is 10.1. The van der Waals surface area contributed by atoms with Crippen molar-refractivity contribution in [2.24, 2.45) is 0 Å². The third-order valence-electron chi connectivity index (χ3n) is 2.18. The molecule has 1 unspecified atom stereocenters. The topological polar surface area (TPSA) is 52.5 Å². The zero-order chi connectivity index (χ0) is 12.3. The van der Waals surface area contributed by atoms with Crippen molar-refractivity contribution in [2.45, 2.75) is 32.4 Å². The summed E-state index contributed by atoms with van der Waals surface area (Å²) in [7, 11) is 0. The molecule has 1 aromatic carbocycles. The van der Waals surface area contributed by atoms with Gasteiger partial charge in [-0.05, 0) is 38.5 Å². The molecular formula is C12H18ClNO2. The smallest absolute Gasteiger partial charge is 0.134 e. The van der Waals surface area contributed by atoms with E-state index in [1.807, 2.05) is 20.8 Å².